The van der Waals surface area contributed by atoms with Gasteiger partial charge in [0.05, 0.1) is 18.6 Å². The second-order valence-electron chi connectivity index (χ2n) is 1.92. The Balaban J connectivity index is 2.85. The summed E-state index contributed by atoms with van der Waals surface area (Å²) in [4.78, 5) is 0. The molecule has 0 radical (unpaired) electrons. The van der Waals surface area contributed by atoms with Crippen LogP contribution in [0.25, 0.3) is 0 Å². The average molecular weight is 127 g/mol. The lowest BCUT2D eigenvalue weighted by Gasteiger charge is -2.01. The Morgan fingerprint density at radius 3 is 2.78 bits per heavy atom. The van der Waals surface area contributed by atoms with Crippen molar-refractivity contribution in [1.29, 1.82) is 0 Å². The maximum absolute atomic E-state index is 8.76. The molecular weight excluding hydrogens is 118 g/mol. The van der Waals surface area contributed by atoms with E-state index in [-0.39, 0.29) is 11.9 Å². The van der Waals surface area contributed by atoms with Gasteiger partial charge in [0.1, 0.15) is 0 Å². The smallest absolute Gasteiger partial charge is 0.153 e. The fourth-order valence-corrected chi connectivity index (χ4v) is 0.551. The molecule has 0 aliphatic rings. The maximum atomic E-state index is 8.76. The minimum Gasteiger partial charge on any atom is -0.505 e. The van der Waals surface area contributed by atoms with Crippen LogP contribution in [0.15, 0.2) is 12.4 Å². The monoisotopic (exact) mass is 127 g/mol. The Bertz CT molecular complexity index is 194. The Morgan fingerprint density at radius 1 is 1.89 bits per heavy atom. The molecule has 4 nitrogen and oxygen atoms in total. The van der Waals surface area contributed by atoms with Crippen LogP contribution in [0, 0.1) is 0 Å². The van der Waals surface area contributed by atoms with Gasteiger partial charge in [-0.15, -0.1) is 0 Å². The van der Waals surface area contributed by atoms with Crippen LogP contribution < -0.4 is 5.73 Å². The van der Waals surface area contributed by atoms with Crippen LogP contribution in [0.3, 0.4) is 0 Å². The first-order valence-corrected chi connectivity index (χ1v) is 2.69. The summed E-state index contributed by atoms with van der Waals surface area (Å²) in [5.74, 6) is 0.146. The van der Waals surface area contributed by atoms with E-state index in [4.69, 9.17) is 10.8 Å². The molecule has 1 aromatic rings. The highest BCUT2D eigenvalue weighted by atomic mass is 16.3. The third-order valence-corrected chi connectivity index (χ3v) is 1.01. The van der Waals surface area contributed by atoms with Crippen molar-refractivity contribution < 1.29 is 5.11 Å². The van der Waals surface area contributed by atoms with Crippen LogP contribution >= 0.6 is 0 Å². The van der Waals surface area contributed by atoms with E-state index in [1.54, 1.807) is 6.92 Å². The maximum Gasteiger partial charge on any atom is 0.153 e. The quantitative estimate of drug-likeness (QED) is 0.561. The third-order valence-electron chi connectivity index (χ3n) is 1.01. The highest BCUT2D eigenvalue weighted by Gasteiger charge is 1.97. The highest BCUT2D eigenvalue weighted by molar-refractivity contribution is 5.08. The summed E-state index contributed by atoms with van der Waals surface area (Å²) < 4.78 is 1.48. The SMILES string of the molecule is CC(N)n1cc(O)cn1. The number of hydrogen-bond acceptors (Lipinski definition) is 3. The van der Waals surface area contributed by atoms with Gasteiger partial charge in [-0.1, -0.05) is 0 Å². The molecule has 3 N–H and O–H groups in total. The molecule has 0 saturated carbocycles. The normalized spacial score (nSPS) is 13.6. The first-order valence-electron chi connectivity index (χ1n) is 2.69. The summed E-state index contributed by atoms with van der Waals surface area (Å²) >= 11 is 0. The molecule has 50 valence electrons. The summed E-state index contributed by atoms with van der Waals surface area (Å²) in [6.45, 7) is 1.78. The molecule has 1 unspecified atom stereocenters. The van der Waals surface area contributed by atoms with Gasteiger partial charge in [0.2, 0.25) is 0 Å². The number of hydrogen-bond donors (Lipinski definition) is 2. The van der Waals surface area contributed by atoms with Crippen LogP contribution in [0.4, 0.5) is 0 Å². The van der Waals surface area contributed by atoms with E-state index in [0.29, 0.717) is 0 Å². The molecular formula is C5H9N3O. The first-order chi connectivity index (χ1) is 4.20. The van der Waals surface area contributed by atoms with Gasteiger partial charge >= 0.3 is 0 Å². The molecule has 0 aliphatic heterocycles. The molecule has 1 atom stereocenters. The summed E-state index contributed by atoms with van der Waals surface area (Å²) in [5, 5.41) is 12.5. The number of nitrogens with two attached hydrogens (primary N) is 1. The van der Waals surface area contributed by atoms with E-state index in [2.05, 4.69) is 5.10 Å². The summed E-state index contributed by atoms with van der Waals surface area (Å²) in [6.07, 6.45) is 2.65. The first kappa shape index (κ1) is 6.10. The van der Waals surface area contributed by atoms with Crippen molar-refractivity contribution in [3.05, 3.63) is 12.4 Å². The van der Waals surface area contributed by atoms with Gasteiger partial charge in [0.25, 0.3) is 0 Å². The molecule has 0 aromatic carbocycles. The van der Waals surface area contributed by atoms with Gasteiger partial charge in [-0.2, -0.15) is 5.10 Å². The molecule has 1 heterocycles. The predicted molar refractivity (Wildman–Crippen MR) is 32.8 cm³/mol. The Hall–Kier alpha value is -1.03. The molecule has 9 heavy (non-hydrogen) atoms. The minimum atomic E-state index is -0.175. The van der Waals surface area contributed by atoms with Gasteiger partial charge in [-0.05, 0) is 6.92 Å². The van der Waals surface area contributed by atoms with E-state index in [1.165, 1.54) is 17.1 Å². The zero-order valence-corrected chi connectivity index (χ0v) is 5.15. The van der Waals surface area contributed by atoms with Gasteiger partial charge < -0.3 is 10.8 Å². The van der Waals surface area contributed by atoms with Crippen molar-refractivity contribution in [3.63, 3.8) is 0 Å². The lowest BCUT2D eigenvalue weighted by molar-refractivity contribution is 0.467. The summed E-state index contributed by atoms with van der Waals surface area (Å²) in [6, 6.07) is 0. The predicted octanol–water partition coefficient (Wildman–Crippen LogP) is 0.0659. The zero-order valence-electron chi connectivity index (χ0n) is 5.15. The fourth-order valence-electron chi connectivity index (χ4n) is 0.551. The van der Waals surface area contributed by atoms with E-state index in [1.807, 2.05) is 0 Å². The zero-order chi connectivity index (χ0) is 6.85. The summed E-state index contributed by atoms with van der Waals surface area (Å²) in [5.41, 5.74) is 5.42. The number of aromatic nitrogens is 2. The molecule has 0 aliphatic carbocycles. The van der Waals surface area contributed by atoms with Crippen LogP contribution in [0.2, 0.25) is 0 Å². The van der Waals surface area contributed by atoms with Crippen molar-refractivity contribution >= 4 is 0 Å². The lowest BCUT2D eigenvalue weighted by atomic mass is 10.6. The number of aromatic hydroxyl groups is 1. The van der Waals surface area contributed by atoms with Gasteiger partial charge in [-0.3, -0.25) is 4.68 Å². The standard InChI is InChI=1S/C5H9N3O/c1-4(6)8-3-5(9)2-7-8/h2-4,9H,6H2,1H3. The minimum absolute atomic E-state index is 0.146. The van der Waals surface area contributed by atoms with E-state index in [9.17, 15) is 0 Å². The van der Waals surface area contributed by atoms with Crippen LogP contribution in [-0.2, 0) is 0 Å². The van der Waals surface area contributed by atoms with Crippen LogP contribution in [0.1, 0.15) is 13.1 Å². The fraction of sp³-hybridized carbons (Fsp3) is 0.400. The van der Waals surface area contributed by atoms with Crippen LogP contribution in [-0.4, -0.2) is 14.9 Å². The Labute approximate surface area is 52.9 Å². The lowest BCUT2D eigenvalue weighted by Crippen LogP contribution is -2.14. The van der Waals surface area contributed by atoms with Crippen LogP contribution in [0.5, 0.6) is 5.75 Å². The van der Waals surface area contributed by atoms with Crippen molar-refractivity contribution in [2.24, 2.45) is 5.73 Å². The molecule has 1 aromatic heterocycles. The number of nitrogens with zero attached hydrogens (tertiary/aromatic N) is 2. The Kier molecular flexibility index (Phi) is 1.40. The second-order valence-corrected chi connectivity index (χ2v) is 1.92. The summed E-state index contributed by atoms with van der Waals surface area (Å²) in [7, 11) is 0. The molecule has 0 fully saturated rings. The van der Waals surface area contributed by atoms with E-state index >= 15 is 0 Å². The largest absolute Gasteiger partial charge is 0.505 e. The van der Waals surface area contributed by atoms with Crippen molar-refractivity contribution in [2.45, 2.75) is 13.1 Å². The average Bonchev–Trinajstić information content (AvgIpc) is 2.14. The Morgan fingerprint density at radius 2 is 2.56 bits per heavy atom. The molecule has 0 amide bonds. The van der Waals surface area contributed by atoms with E-state index < -0.39 is 0 Å². The van der Waals surface area contributed by atoms with Gasteiger partial charge in [0, 0.05) is 0 Å². The topological polar surface area (TPSA) is 64.1 Å². The molecule has 4 heteroatoms. The molecule has 0 spiro atoms. The van der Waals surface area contributed by atoms with Crippen molar-refractivity contribution in [2.75, 3.05) is 0 Å². The third kappa shape index (κ3) is 1.20. The molecule has 0 bridgehead atoms. The van der Waals surface area contributed by atoms with Crippen molar-refractivity contribution in [1.82, 2.24) is 9.78 Å². The second kappa shape index (κ2) is 2.06. The van der Waals surface area contributed by atoms with Crippen molar-refractivity contribution in [3.8, 4) is 5.75 Å². The van der Waals surface area contributed by atoms with Gasteiger partial charge in [-0.25, -0.2) is 0 Å². The number of rotatable bonds is 1. The van der Waals surface area contributed by atoms with Gasteiger partial charge in [0.15, 0.2) is 5.75 Å². The van der Waals surface area contributed by atoms with E-state index in [0.717, 1.165) is 0 Å². The highest BCUT2D eigenvalue weighted by Crippen LogP contribution is 2.06. The molecule has 0 saturated heterocycles. The molecule has 1 rings (SSSR count).